The van der Waals surface area contributed by atoms with Crippen LogP contribution in [0.5, 0.6) is 0 Å². The number of nitrogens with zero attached hydrogens (tertiary/aromatic N) is 3. The molecule has 178 valence electrons. The minimum absolute atomic E-state index is 0.0701. The lowest BCUT2D eigenvalue weighted by Gasteiger charge is -2.21. The number of para-hydroxylation sites is 1. The van der Waals surface area contributed by atoms with Crippen LogP contribution in [0.25, 0.3) is 11.0 Å². The second-order valence-electron chi connectivity index (χ2n) is 8.01. The molecule has 2 amide bonds. The van der Waals surface area contributed by atoms with Crippen molar-refractivity contribution in [2.45, 2.75) is 32.0 Å². The lowest BCUT2D eigenvalue weighted by molar-refractivity contribution is -0.123. The first kappa shape index (κ1) is 23.6. The highest BCUT2D eigenvalue weighted by molar-refractivity contribution is 5.95. The van der Waals surface area contributed by atoms with Crippen molar-refractivity contribution in [1.29, 1.82) is 0 Å². The van der Waals surface area contributed by atoms with E-state index in [1.54, 1.807) is 31.2 Å². The molecular weight excluding hydrogens is 446 g/mol. The first-order valence-corrected chi connectivity index (χ1v) is 11.2. The number of hydrogen-bond acceptors (Lipinski definition) is 6. The van der Waals surface area contributed by atoms with Crippen LogP contribution < -0.4 is 10.6 Å². The molecule has 0 bridgehead atoms. The van der Waals surface area contributed by atoms with Gasteiger partial charge in [0.1, 0.15) is 24.2 Å². The monoisotopic (exact) mass is 471 g/mol. The van der Waals surface area contributed by atoms with E-state index in [1.807, 2.05) is 60.7 Å². The fourth-order valence-corrected chi connectivity index (χ4v) is 3.56. The normalized spacial score (nSPS) is 12.5. The molecule has 9 nitrogen and oxygen atoms in total. The predicted octanol–water partition coefficient (Wildman–Crippen LogP) is 3.11. The molecule has 0 aliphatic carbocycles. The van der Waals surface area contributed by atoms with E-state index >= 15 is 0 Å². The van der Waals surface area contributed by atoms with Gasteiger partial charge in [0.05, 0.1) is 5.52 Å². The smallest absolute Gasteiger partial charge is 0.408 e. The molecule has 2 atom stereocenters. The van der Waals surface area contributed by atoms with Gasteiger partial charge in [-0.1, -0.05) is 78.0 Å². The van der Waals surface area contributed by atoms with Crippen LogP contribution in [-0.4, -0.2) is 45.0 Å². The van der Waals surface area contributed by atoms with Gasteiger partial charge in [0.25, 0.3) is 5.91 Å². The average molecular weight is 472 g/mol. The van der Waals surface area contributed by atoms with Crippen LogP contribution in [0.2, 0.25) is 0 Å². The van der Waals surface area contributed by atoms with E-state index in [2.05, 4.69) is 20.9 Å². The van der Waals surface area contributed by atoms with E-state index in [9.17, 15) is 14.4 Å². The van der Waals surface area contributed by atoms with Crippen molar-refractivity contribution in [1.82, 2.24) is 25.6 Å². The van der Waals surface area contributed by atoms with Crippen LogP contribution in [0, 0.1) is 0 Å². The van der Waals surface area contributed by atoms with Crippen LogP contribution in [0.3, 0.4) is 0 Å². The zero-order valence-corrected chi connectivity index (χ0v) is 19.1. The Morgan fingerprint density at radius 2 is 1.49 bits per heavy atom. The molecular formula is C26H25N5O4. The largest absolute Gasteiger partial charge is 0.445 e. The zero-order chi connectivity index (χ0) is 24.6. The summed E-state index contributed by atoms with van der Waals surface area (Å²) in [5.41, 5.74) is 2.79. The van der Waals surface area contributed by atoms with E-state index in [4.69, 9.17) is 4.74 Å². The van der Waals surface area contributed by atoms with Gasteiger partial charge < -0.3 is 15.4 Å². The van der Waals surface area contributed by atoms with E-state index in [1.165, 1.54) is 0 Å². The van der Waals surface area contributed by atoms with E-state index in [-0.39, 0.29) is 13.0 Å². The highest BCUT2D eigenvalue weighted by Gasteiger charge is 2.27. The summed E-state index contributed by atoms with van der Waals surface area (Å²) in [5.74, 6) is -0.965. The van der Waals surface area contributed by atoms with Gasteiger partial charge in [0.15, 0.2) is 0 Å². The topological polar surface area (TPSA) is 115 Å². The Hall–Kier alpha value is -4.53. The molecule has 9 heteroatoms. The minimum Gasteiger partial charge on any atom is -0.445 e. The summed E-state index contributed by atoms with van der Waals surface area (Å²) in [6.07, 6.45) is -0.508. The molecule has 0 fully saturated rings. The summed E-state index contributed by atoms with van der Waals surface area (Å²) in [5, 5.41) is 13.2. The Kier molecular flexibility index (Phi) is 7.47. The Bertz CT molecular complexity index is 1310. The molecule has 0 saturated carbocycles. The SMILES string of the molecule is C[C@H](NC(=O)[C@H](Cc1ccccc1)NC(=O)OCc1ccccc1)C(=O)n1nnc2ccccc21. The van der Waals surface area contributed by atoms with Crippen LogP contribution in [0.15, 0.2) is 84.9 Å². The molecule has 0 spiro atoms. The number of carbonyl (C=O) groups excluding carboxylic acids is 3. The summed E-state index contributed by atoms with van der Waals surface area (Å²) < 4.78 is 6.45. The van der Waals surface area contributed by atoms with Crippen molar-refractivity contribution in [3.05, 3.63) is 96.1 Å². The third kappa shape index (κ3) is 6.08. The van der Waals surface area contributed by atoms with Gasteiger partial charge >= 0.3 is 6.09 Å². The molecule has 4 rings (SSSR count). The number of hydrogen-bond donors (Lipinski definition) is 2. The maximum absolute atomic E-state index is 13.1. The van der Waals surface area contributed by atoms with Crippen molar-refractivity contribution < 1.29 is 19.1 Å². The Morgan fingerprint density at radius 1 is 0.857 bits per heavy atom. The number of ether oxygens (including phenoxy) is 1. The molecule has 0 unspecified atom stereocenters. The van der Waals surface area contributed by atoms with Gasteiger partial charge in [-0.05, 0) is 30.2 Å². The summed E-state index contributed by atoms with van der Waals surface area (Å²) in [6, 6.07) is 23.7. The Labute approximate surface area is 202 Å². The van der Waals surface area contributed by atoms with Gasteiger partial charge in [-0.3, -0.25) is 9.59 Å². The molecule has 4 aromatic rings. The second kappa shape index (κ2) is 11.1. The van der Waals surface area contributed by atoms with Crippen molar-refractivity contribution in [3.63, 3.8) is 0 Å². The maximum Gasteiger partial charge on any atom is 0.408 e. The third-order valence-electron chi connectivity index (χ3n) is 5.39. The number of alkyl carbamates (subject to hydrolysis) is 1. The molecule has 0 radical (unpaired) electrons. The Morgan fingerprint density at radius 3 is 2.20 bits per heavy atom. The molecule has 0 saturated heterocycles. The fraction of sp³-hybridized carbons (Fsp3) is 0.192. The highest BCUT2D eigenvalue weighted by Crippen LogP contribution is 2.11. The van der Waals surface area contributed by atoms with Crippen LogP contribution >= 0.6 is 0 Å². The van der Waals surface area contributed by atoms with E-state index in [0.29, 0.717) is 11.0 Å². The molecule has 35 heavy (non-hydrogen) atoms. The number of aromatic nitrogens is 3. The molecule has 0 aliphatic heterocycles. The van der Waals surface area contributed by atoms with E-state index in [0.717, 1.165) is 15.8 Å². The summed E-state index contributed by atoms with van der Waals surface area (Å²) in [7, 11) is 0. The van der Waals surface area contributed by atoms with Crippen LogP contribution in [-0.2, 0) is 22.6 Å². The third-order valence-corrected chi connectivity index (χ3v) is 5.39. The molecule has 1 aromatic heterocycles. The number of rotatable bonds is 8. The van der Waals surface area contributed by atoms with Gasteiger partial charge in [-0.25, -0.2) is 4.79 Å². The number of fused-ring (bicyclic) bond motifs is 1. The van der Waals surface area contributed by atoms with Crippen molar-refractivity contribution >= 4 is 28.9 Å². The lowest BCUT2D eigenvalue weighted by atomic mass is 10.1. The fourth-order valence-electron chi connectivity index (χ4n) is 3.56. The van der Waals surface area contributed by atoms with Crippen LogP contribution in [0.1, 0.15) is 22.8 Å². The first-order valence-electron chi connectivity index (χ1n) is 11.2. The number of carbonyl (C=O) groups is 3. The van der Waals surface area contributed by atoms with Gasteiger partial charge in [0.2, 0.25) is 5.91 Å². The summed E-state index contributed by atoms with van der Waals surface area (Å²) in [6.45, 7) is 1.63. The lowest BCUT2D eigenvalue weighted by Crippen LogP contribution is -2.52. The van der Waals surface area contributed by atoms with Crippen molar-refractivity contribution in [3.8, 4) is 0 Å². The van der Waals surface area contributed by atoms with Crippen molar-refractivity contribution in [2.75, 3.05) is 0 Å². The molecule has 1 heterocycles. The van der Waals surface area contributed by atoms with Gasteiger partial charge in [-0.15, -0.1) is 5.10 Å². The quantitative estimate of drug-likeness (QED) is 0.408. The zero-order valence-electron chi connectivity index (χ0n) is 19.1. The number of nitrogens with one attached hydrogen (secondary N) is 2. The van der Waals surface area contributed by atoms with Crippen LogP contribution in [0.4, 0.5) is 4.79 Å². The maximum atomic E-state index is 13.1. The number of benzene rings is 3. The summed E-state index contributed by atoms with van der Waals surface area (Å²) >= 11 is 0. The number of amides is 2. The second-order valence-corrected chi connectivity index (χ2v) is 8.01. The first-order chi connectivity index (χ1) is 17.0. The average Bonchev–Trinajstić information content (AvgIpc) is 3.32. The highest BCUT2D eigenvalue weighted by atomic mass is 16.5. The molecule has 0 aliphatic rings. The summed E-state index contributed by atoms with van der Waals surface area (Å²) in [4.78, 5) is 38.5. The predicted molar refractivity (Wildman–Crippen MR) is 129 cm³/mol. The minimum atomic E-state index is -0.955. The molecule has 3 aromatic carbocycles. The standard InChI is InChI=1S/C26H25N5O4/c1-18(25(33)31-23-15-9-8-14-21(23)29-30-31)27-24(32)22(16-19-10-4-2-5-11-19)28-26(34)35-17-20-12-6-3-7-13-20/h2-15,18,22H,16-17H2,1H3,(H,27,32)(H,28,34)/t18-,22-/m0/s1. The van der Waals surface area contributed by atoms with Gasteiger partial charge in [0, 0.05) is 6.42 Å². The Balaban J connectivity index is 1.43. The molecule has 2 N–H and O–H groups in total. The van der Waals surface area contributed by atoms with Gasteiger partial charge in [-0.2, -0.15) is 4.68 Å². The van der Waals surface area contributed by atoms with Crippen molar-refractivity contribution in [2.24, 2.45) is 0 Å². The van der Waals surface area contributed by atoms with E-state index < -0.39 is 30.0 Å².